The van der Waals surface area contributed by atoms with Gasteiger partial charge in [-0.1, -0.05) is 53.6 Å². The number of hydrogen-bond acceptors (Lipinski definition) is 4. The summed E-state index contributed by atoms with van der Waals surface area (Å²) in [5.41, 5.74) is 5.55. The van der Waals surface area contributed by atoms with Crippen molar-refractivity contribution in [3.8, 4) is 11.1 Å². The molecule has 0 atom stereocenters. The Morgan fingerprint density at radius 2 is 1.76 bits per heavy atom. The number of fused-ring (bicyclic) bond motifs is 3. The number of aryl methyl sites for hydroxylation is 1. The lowest BCUT2D eigenvalue weighted by molar-refractivity contribution is 1.08. The van der Waals surface area contributed by atoms with Crippen molar-refractivity contribution in [2.24, 2.45) is 0 Å². The number of nitrogens with zero attached hydrogens (tertiary/aromatic N) is 5. The van der Waals surface area contributed by atoms with Crippen LogP contribution in [0, 0.1) is 6.92 Å². The van der Waals surface area contributed by atoms with Gasteiger partial charge < -0.3 is 4.90 Å². The maximum atomic E-state index is 6.25. The third kappa shape index (κ3) is 3.09. The Morgan fingerprint density at radius 1 is 0.931 bits per heavy atom. The van der Waals surface area contributed by atoms with Gasteiger partial charge in [0, 0.05) is 23.1 Å². The van der Waals surface area contributed by atoms with Crippen LogP contribution in [0.4, 0.5) is 11.5 Å². The highest BCUT2D eigenvalue weighted by Gasteiger charge is 2.15. The highest BCUT2D eigenvalue weighted by Crippen LogP contribution is 2.33. The van der Waals surface area contributed by atoms with Crippen LogP contribution in [0.5, 0.6) is 0 Å². The SMILES string of the molecule is Cc1ccc(-c2cccc(N(C)c3nc4nncn4c4cc(Cl)ccc34)c2)cc1. The summed E-state index contributed by atoms with van der Waals surface area (Å²) in [7, 11) is 2.01. The smallest absolute Gasteiger partial charge is 0.257 e. The second-order valence-corrected chi connectivity index (χ2v) is 7.51. The number of rotatable bonds is 3. The van der Waals surface area contributed by atoms with Crippen LogP contribution in [-0.2, 0) is 0 Å². The van der Waals surface area contributed by atoms with Gasteiger partial charge in [0.2, 0.25) is 0 Å². The molecule has 0 spiro atoms. The normalized spacial score (nSPS) is 11.3. The Bertz CT molecular complexity index is 1340. The molecule has 5 nitrogen and oxygen atoms in total. The maximum Gasteiger partial charge on any atom is 0.257 e. The van der Waals surface area contributed by atoms with E-state index < -0.39 is 0 Å². The van der Waals surface area contributed by atoms with Crippen LogP contribution in [0.3, 0.4) is 0 Å². The lowest BCUT2D eigenvalue weighted by atomic mass is 10.0. The van der Waals surface area contributed by atoms with E-state index in [4.69, 9.17) is 16.6 Å². The van der Waals surface area contributed by atoms with Crippen molar-refractivity contribution in [3.05, 3.63) is 83.6 Å². The molecule has 0 unspecified atom stereocenters. The molecule has 0 N–H and O–H groups in total. The average Bonchev–Trinajstić information content (AvgIpc) is 3.22. The van der Waals surface area contributed by atoms with E-state index in [0.717, 1.165) is 28.0 Å². The van der Waals surface area contributed by atoms with E-state index >= 15 is 0 Å². The summed E-state index contributed by atoms with van der Waals surface area (Å²) in [4.78, 5) is 6.83. The number of aromatic nitrogens is 4. The fourth-order valence-electron chi connectivity index (χ4n) is 3.54. The molecule has 0 aliphatic heterocycles. The van der Waals surface area contributed by atoms with Crippen molar-refractivity contribution in [1.82, 2.24) is 19.6 Å². The van der Waals surface area contributed by atoms with Gasteiger partial charge in [-0.2, -0.15) is 4.98 Å². The first-order chi connectivity index (χ1) is 14.1. The topological polar surface area (TPSA) is 46.3 Å². The molecule has 0 radical (unpaired) electrons. The van der Waals surface area contributed by atoms with Crippen LogP contribution in [0.1, 0.15) is 5.56 Å². The van der Waals surface area contributed by atoms with E-state index in [1.165, 1.54) is 11.1 Å². The van der Waals surface area contributed by atoms with Crippen molar-refractivity contribution in [2.75, 3.05) is 11.9 Å². The molecule has 0 amide bonds. The molecule has 0 fully saturated rings. The summed E-state index contributed by atoms with van der Waals surface area (Å²) in [6.45, 7) is 2.09. The van der Waals surface area contributed by atoms with Gasteiger partial charge in [-0.05, 0) is 48.4 Å². The van der Waals surface area contributed by atoms with Crippen LogP contribution < -0.4 is 4.90 Å². The Kier molecular flexibility index (Phi) is 4.18. The number of hydrogen-bond donors (Lipinski definition) is 0. The largest absolute Gasteiger partial charge is 0.329 e. The van der Waals surface area contributed by atoms with E-state index in [1.807, 2.05) is 29.6 Å². The molecule has 5 aromatic rings. The van der Waals surface area contributed by atoms with Crippen LogP contribution in [0.25, 0.3) is 27.8 Å². The minimum Gasteiger partial charge on any atom is -0.329 e. The Morgan fingerprint density at radius 3 is 2.59 bits per heavy atom. The third-order valence-corrected chi connectivity index (χ3v) is 5.37. The summed E-state index contributed by atoms with van der Waals surface area (Å²) >= 11 is 6.25. The highest BCUT2D eigenvalue weighted by molar-refractivity contribution is 6.31. The molecule has 142 valence electrons. The van der Waals surface area contributed by atoms with Gasteiger partial charge >= 0.3 is 0 Å². The minimum absolute atomic E-state index is 0.538. The van der Waals surface area contributed by atoms with Gasteiger partial charge in [0.05, 0.1) is 5.52 Å². The van der Waals surface area contributed by atoms with Gasteiger partial charge in [0.1, 0.15) is 12.1 Å². The Hall–Kier alpha value is -3.44. The van der Waals surface area contributed by atoms with Gasteiger partial charge in [-0.3, -0.25) is 4.40 Å². The molecular formula is C23H18ClN5. The van der Waals surface area contributed by atoms with E-state index in [1.54, 1.807) is 6.33 Å². The molecule has 0 bridgehead atoms. The van der Waals surface area contributed by atoms with Crippen LogP contribution in [-0.4, -0.2) is 26.6 Å². The molecule has 29 heavy (non-hydrogen) atoms. The number of anilines is 2. The summed E-state index contributed by atoms with van der Waals surface area (Å²) < 4.78 is 1.85. The van der Waals surface area contributed by atoms with Crippen LogP contribution in [0.15, 0.2) is 73.1 Å². The van der Waals surface area contributed by atoms with E-state index in [0.29, 0.717) is 10.8 Å². The van der Waals surface area contributed by atoms with Crippen molar-refractivity contribution < 1.29 is 0 Å². The Labute approximate surface area is 173 Å². The number of benzene rings is 3. The van der Waals surface area contributed by atoms with Crippen LogP contribution in [0.2, 0.25) is 5.02 Å². The van der Waals surface area contributed by atoms with Crippen LogP contribution >= 0.6 is 11.6 Å². The second-order valence-electron chi connectivity index (χ2n) is 7.07. The predicted octanol–water partition coefficient (Wildman–Crippen LogP) is 5.67. The molecule has 6 heteroatoms. The molecule has 0 aliphatic carbocycles. The molecule has 0 aliphatic rings. The quantitative estimate of drug-likeness (QED) is 0.392. The van der Waals surface area contributed by atoms with Crippen molar-refractivity contribution in [3.63, 3.8) is 0 Å². The number of halogens is 1. The monoisotopic (exact) mass is 399 g/mol. The van der Waals surface area contributed by atoms with E-state index in [9.17, 15) is 0 Å². The zero-order valence-corrected chi connectivity index (χ0v) is 16.8. The lowest BCUT2D eigenvalue weighted by Gasteiger charge is -2.21. The standard InChI is InChI=1S/C23H18ClN5/c1-15-6-8-16(9-7-15)17-4-3-5-19(12-17)28(2)22-20-11-10-18(24)13-21(20)29-14-25-27-23(29)26-22/h3-14H,1-2H3. The lowest BCUT2D eigenvalue weighted by Crippen LogP contribution is -2.13. The van der Waals surface area contributed by atoms with Crippen molar-refractivity contribution in [2.45, 2.75) is 6.92 Å². The fourth-order valence-corrected chi connectivity index (χ4v) is 3.71. The molecule has 0 saturated heterocycles. The van der Waals surface area contributed by atoms with Gasteiger partial charge in [-0.25, -0.2) is 0 Å². The van der Waals surface area contributed by atoms with Gasteiger partial charge in [0.15, 0.2) is 0 Å². The minimum atomic E-state index is 0.538. The predicted molar refractivity (Wildman–Crippen MR) is 118 cm³/mol. The summed E-state index contributed by atoms with van der Waals surface area (Å²) in [5, 5.41) is 9.78. The molecule has 2 aromatic heterocycles. The van der Waals surface area contributed by atoms with E-state index in [2.05, 4.69) is 70.6 Å². The van der Waals surface area contributed by atoms with Crippen molar-refractivity contribution in [1.29, 1.82) is 0 Å². The average molecular weight is 400 g/mol. The summed E-state index contributed by atoms with van der Waals surface area (Å²) in [5.74, 6) is 1.34. The first kappa shape index (κ1) is 17.6. The molecular weight excluding hydrogens is 382 g/mol. The third-order valence-electron chi connectivity index (χ3n) is 5.13. The van der Waals surface area contributed by atoms with Gasteiger partial charge in [-0.15, -0.1) is 10.2 Å². The summed E-state index contributed by atoms with van der Waals surface area (Å²) in [6, 6.07) is 22.8. The fraction of sp³-hybridized carbons (Fsp3) is 0.0870. The highest BCUT2D eigenvalue weighted by atomic mass is 35.5. The zero-order chi connectivity index (χ0) is 20.0. The molecule has 0 saturated carbocycles. The molecule has 5 rings (SSSR count). The molecule has 2 heterocycles. The summed E-state index contributed by atoms with van der Waals surface area (Å²) in [6.07, 6.45) is 1.66. The zero-order valence-electron chi connectivity index (χ0n) is 16.0. The first-order valence-electron chi connectivity index (χ1n) is 9.30. The Balaban J connectivity index is 1.65. The first-order valence-corrected chi connectivity index (χ1v) is 9.68. The molecule has 3 aromatic carbocycles. The maximum absolute atomic E-state index is 6.25. The van der Waals surface area contributed by atoms with Gasteiger partial charge in [0.25, 0.3) is 5.78 Å². The van der Waals surface area contributed by atoms with Crippen molar-refractivity contribution >= 4 is 39.8 Å². The van der Waals surface area contributed by atoms with E-state index in [-0.39, 0.29) is 0 Å². The second kappa shape index (κ2) is 6.87.